The highest BCUT2D eigenvalue weighted by Gasteiger charge is 2.49. The van der Waals surface area contributed by atoms with E-state index in [4.69, 9.17) is 9.47 Å². The van der Waals surface area contributed by atoms with Gasteiger partial charge in [-0.25, -0.2) is 0 Å². The first kappa shape index (κ1) is 22.6. The topological polar surface area (TPSA) is 84.9 Å². The summed E-state index contributed by atoms with van der Waals surface area (Å²) < 4.78 is 10.6. The number of ketones is 2. The van der Waals surface area contributed by atoms with Gasteiger partial charge in [-0.3, -0.25) is 9.59 Å². The summed E-state index contributed by atoms with van der Waals surface area (Å²) in [4.78, 5) is 25.6. The smallest absolute Gasteiger partial charge is 0.158 e. The Balaban J connectivity index is 2.18. The first-order valence-electron chi connectivity index (χ1n) is 10.2. The molecule has 0 heterocycles. The van der Waals surface area contributed by atoms with Crippen LogP contribution < -0.4 is 14.8 Å². The van der Waals surface area contributed by atoms with Crippen LogP contribution >= 0.6 is 0 Å². The maximum absolute atomic E-state index is 12.9. The Morgan fingerprint density at radius 1 is 1.03 bits per heavy atom. The van der Waals surface area contributed by atoms with Gasteiger partial charge in [-0.15, -0.1) is 0 Å². The Bertz CT molecular complexity index is 1010. The van der Waals surface area contributed by atoms with Gasteiger partial charge in [-0.2, -0.15) is 0 Å². The molecule has 3 atom stereocenters. The highest BCUT2D eigenvalue weighted by atomic mass is 16.5. The van der Waals surface area contributed by atoms with Crippen LogP contribution in [-0.4, -0.2) is 36.5 Å². The number of hydrogen-bond acceptors (Lipinski definition) is 6. The molecule has 2 aromatic rings. The minimum absolute atomic E-state index is 0.148. The molecule has 2 N–H and O–H groups in total. The van der Waals surface area contributed by atoms with E-state index in [1.165, 1.54) is 13.8 Å². The lowest BCUT2D eigenvalue weighted by Crippen LogP contribution is -2.48. The molecule has 1 aliphatic carbocycles. The van der Waals surface area contributed by atoms with Gasteiger partial charge >= 0.3 is 0 Å². The second kappa shape index (κ2) is 8.94. The van der Waals surface area contributed by atoms with Crippen molar-refractivity contribution < 1.29 is 24.2 Å². The summed E-state index contributed by atoms with van der Waals surface area (Å²) in [5.41, 5.74) is 1.27. The Labute approximate surface area is 182 Å². The van der Waals surface area contributed by atoms with Crippen LogP contribution in [0.15, 0.2) is 59.8 Å². The van der Waals surface area contributed by atoms with E-state index in [-0.39, 0.29) is 18.0 Å². The Morgan fingerprint density at radius 2 is 1.68 bits per heavy atom. The number of Topliss-reactive ketones (excluding diaryl/α,β-unsaturated/α-hetero) is 2. The van der Waals surface area contributed by atoms with Crippen molar-refractivity contribution >= 4 is 17.3 Å². The average Bonchev–Trinajstić information content (AvgIpc) is 2.72. The monoisotopic (exact) mass is 423 g/mol. The molecule has 0 saturated carbocycles. The highest BCUT2D eigenvalue weighted by Crippen LogP contribution is 2.48. The fourth-order valence-electron chi connectivity index (χ4n) is 4.53. The number of allylic oxidation sites excluding steroid dienone is 1. The van der Waals surface area contributed by atoms with E-state index in [0.717, 1.165) is 11.3 Å². The van der Waals surface area contributed by atoms with Gasteiger partial charge in [0.2, 0.25) is 0 Å². The van der Waals surface area contributed by atoms with Gasteiger partial charge < -0.3 is 19.9 Å². The van der Waals surface area contributed by atoms with Gasteiger partial charge in [-0.05, 0) is 62.7 Å². The van der Waals surface area contributed by atoms with Crippen molar-refractivity contribution in [3.8, 4) is 11.5 Å². The van der Waals surface area contributed by atoms with E-state index in [9.17, 15) is 14.7 Å². The molecule has 0 fully saturated rings. The number of methoxy groups -OCH3 is 2. The zero-order valence-electron chi connectivity index (χ0n) is 18.6. The standard InChI is InChI=1S/C25H29NO5/c1-15(27)22-21(26-18-9-11-19(30-4)12-10-18)14-25(3,29)24(16(2)28)23(22)17-7-6-8-20(13-17)31-5/h6-13,23-24,26,29H,14H2,1-5H3/t23-,24+,25-/m1/s1. The number of carbonyl (C=O) groups excluding carboxylic acids is 2. The summed E-state index contributed by atoms with van der Waals surface area (Å²) in [5.74, 6) is -0.342. The molecule has 0 spiro atoms. The predicted molar refractivity (Wildman–Crippen MR) is 119 cm³/mol. The van der Waals surface area contributed by atoms with Crippen molar-refractivity contribution in [3.63, 3.8) is 0 Å². The van der Waals surface area contributed by atoms with Crippen LogP contribution in [0.25, 0.3) is 0 Å². The van der Waals surface area contributed by atoms with E-state index in [1.54, 1.807) is 27.2 Å². The fourth-order valence-corrected chi connectivity index (χ4v) is 4.53. The molecule has 0 saturated heterocycles. The summed E-state index contributed by atoms with van der Waals surface area (Å²) in [6.07, 6.45) is 0.151. The molecule has 0 aliphatic heterocycles. The number of anilines is 1. The molecular formula is C25H29NO5. The van der Waals surface area contributed by atoms with Crippen LogP contribution in [0.5, 0.6) is 11.5 Å². The lowest BCUT2D eigenvalue weighted by molar-refractivity contribution is -0.131. The zero-order valence-corrected chi connectivity index (χ0v) is 18.6. The Kier molecular flexibility index (Phi) is 6.51. The summed E-state index contributed by atoms with van der Waals surface area (Å²) in [6.45, 7) is 4.61. The van der Waals surface area contributed by atoms with Crippen molar-refractivity contribution in [2.24, 2.45) is 5.92 Å². The van der Waals surface area contributed by atoms with Gasteiger partial charge in [0.15, 0.2) is 5.78 Å². The molecule has 2 aromatic carbocycles. The minimum Gasteiger partial charge on any atom is -0.497 e. The molecule has 0 unspecified atom stereocenters. The van der Waals surface area contributed by atoms with Crippen molar-refractivity contribution in [2.75, 3.05) is 19.5 Å². The molecule has 3 rings (SSSR count). The Hall–Kier alpha value is -3.12. The lowest BCUT2D eigenvalue weighted by Gasteiger charge is -2.43. The molecule has 0 radical (unpaired) electrons. The van der Waals surface area contributed by atoms with Crippen LogP contribution in [0.1, 0.15) is 38.7 Å². The maximum Gasteiger partial charge on any atom is 0.158 e. The number of benzene rings is 2. The van der Waals surface area contributed by atoms with Gasteiger partial charge in [0.1, 0.15) is 17.3 Å². The van der Waals surface area contributed by atoms with Crippen molar-refractivity contribution in [3.05, 3.63) is 65.4 Å². The molecule has 31 heavy (non-hydrogen) atoms. The third-order valence-electron chi connectivity index (χ3n) is 5.83. The summed E-state index contributed by atoms with van der Waals surface area (Å²) >= 11 is 0. The second-order valence-corrected chi connectivity index (χ2v) is 8.18. The first-order chi connectivity index (χ1) is 14.7. The predicted octanol–water partition coefficient (Wildman–Crippen LogP) is 4.10. The number of aliphatic hydroxyl groups is 1. The summed E-state index contributed by atoms with van der Waals surface area (Å²) in [7, 11) is 3.16. The summed E-state index contributed by atoms with van der Waals surface area (Å²) in [5, 5.41) is 14.6. The van der Waals surface area contributed by atoms with Gasteiger partial charge in [-0.1, -0.05) is 12.1 Å². The average molecular weight is 424 g/mol. The molecule has 0 aromatic heterocycles. The fraction of sp³-hybridized carbons (Fsp3) is 0.360. The number of hydrogen-bond donors (Lipinski definition) is 2. The van der Waals surface area contributed by atoms with Gasteiger partial charge in [0.05, 0.1) is 25.7 Å². The molecule has 0 amide bonds. The van der Waals surface area contributed by atoms with Crippen molar-refractivity contribution in [1.29, 1.82) is 0 Å². The van der Waals surface area contributed by atoms with Crippen LogP contribution in [0, 0.1) is 5.92 Å². The number of ether oxygens (including phenoxy) is 2. The lowest BCUT2D eigenvalue weighted by atomic mass is 9.64. The van der Waals surface area contributed by atoms with Gasteiger partial charge in [0, 0.05) is 29.3 Å². The molecule has 6 heteroatoms. The molecule has 164 valence electrons. The van der Waals surface area contributed by atoms with Crippen LogP contribution in [0.2, 0.25) is 0 Å². The number of carbonyl (C=O) groups is 2. The molecule has 0 bridgehead atoms. The third kappa shape index (κ3) is 4.64. The van der Waals surface area contributed by atoms with Crippen molar-refractivity contribution in [2.45, 2.75) is 38.7 Å². The molecule has 1 aliphatic rings. The summed E-state index contributed by atoms with van der Waals surface area (Å²) in [6, 6.07) is 14.6. The SMILES string of the molecule is COc1ccc(NC2=C(C(C)=O)[C@@H](c3cccc(OC)c3)[C@H](C(C)=O)[C@](C)(O)C2)cc1. The van der Waals surface area contributed by atoms with Crippen molar-refractivity contribution in [1.82, 2.24) is 0 Å². The molecular weight excluding hydrogens is 394 g/mol. The first-order valence-corrected chi connectivity index (χ1v) is 10.2. The van der Waals surface area contributed by atoms with Crippen LogP contribution in [0.4, 0.5) is 5.69 Å². The van der Waals surface area contributed by atoms with E-state index in [2.05, 4.69) is 5.32 Å². The second-order valence-electron chi connectivity index (χ2n) is 8.18. The normalized spacial score (nSPS) is 23.3. The molecule has 6 nitrogen and oxygen atoms in total. The van der Waals surface area contributed by atoms with E-state index in [1.807, 2.05) is 42.5 Å². The number of nitrogens with one attached hydrogen (secondary N) is 1. The zero-order chi connectivity index (χ0) is 22.8. The minimum atomic E-state index is -1.34. The van der Waals surface area contributed by atoms with E-state index < -0.39 is 17.4 Å². The maximum atomic E-state index is 12.9. The van der Waals surface area contributed by atoms with E-state index >= 15 is 0 Å². The third-order valence-corrected chi connectivity index (χ3v) is 5.83. The van der Waals surface area contributed by atoms with Crippen LogP contribution in [-0.2, 0) is 9.59 Å². The largest absolute Gasteiger partial charge is 0.497 e. The quantitative estimate of drug-likeness (QED) is 0.697. The van der Waals surface area contributed by atoms with Crippen LogP contribution in [0.3, 0.4) is 0 Å². The Morgan fingerprint density at radius 3 is 2.23 bits per heavy atom. The number of rotatable bonds is 7. The highest BCUT2D eigenvalue weighted by molar-refractivity contribution is 5.98. The van der Waals surface area contributed by atoms with Gasteiger partial charge in [0.25, 0.3) is 0 Å². The van der Waals surface area contributed by atoms with E-state index in [0.29, 0.717) is 22.8 Å².